The minimum Gasteiger partial charge on any atom is -0.454 e. The van der Waals surface area contributed by atoms with Crippen LogP contribution in [0.15, 0.2) is 57.9 Å². The van der Waals surface area contributed by atoms with Crippen molar-refractivity contribution in [1.29, 1.82) is 0 Å². The molecule has 2 aromatic rings. The maximum absolute atomic E-state index is 12.2. The van der Waals surface area contributed by atoms with Gasteiger partial charge in [-0.2, -0.15) is 0 Å². The smallest absolute Gasteiger partial charge is 0.339 e. The normalized spacial score (nSPS) is 11.1. The van der Waals surface area contributed by atoms with E-state index in [-0.39, 0.29) is 22.0 Å². The average molecular weight is 411 g/mol. The maximum atomic E-state index is 12.2. The van der Waals surface area contributed by atoms with Crippen LogP contribution < -0.4 is 0 Å². The first-order valence-corrected chi connectivity index (χ1v) is 9.57. The highest BCUT2D eigenvalue weighted by molar-refractivity contribution is 9.10. The summed E-state index contributed by atoms with van der Waals surface area (Å²) >= 11 is 3.27. The molecule has 0 N–H and O–H groups in total. The number of hydrogen-bond acceptors (Lipinski definition) is 5. The van der Waals surface area contributed by atoms with Crippen molar-refractivity contribution < 1.29 is 22.7 Å². The van der Waals surface area contributed by atoms with Crippen molar-refractivity contribution in [2.24, 2.45) is 0 Å². The zero-order valence-electron chi connectivity index (χ0n) is 12.9. The maximum Gasteiger partial charge on any atom is 0.339 e. The second-order valence-corrected chi connectivity index (χ2v) is 8.07. The van der Waals surface area contributed by atoms with E-state index >= 15 is 0 Å². The van der Waals surface area contributed by atoms with E-state index in [4.69, 9.17) is 4.74 Å². The van der Waals surface area contributed by atoms with Crippen molar-refractivity contribution in [1.82, 2.24) is 0 Å². The van der Waals surface area contributed by atoms with E-state index in [2.05, 4.69) is 15.9 Å². The summed E-state index contributed by atoms with van der Waals surface area (Å²) in [6.45, 7) is 1.04. The highest BCUT2D eigenvalue weighted by Crippen LogP contribution is 2.18. The van der Waals surface area contributed by atoms with Crippen LogP contribution in [0.3, 0.4) is 0 Å². The second-order valence-electron chi connectivity index (χ2n) is 4.91. The Bertz CT molecular complexity index is 857. The Labute approximate surface area is 148 Å². The van der Waals surface area contributed by atoms with Crippen molar-refractivity contribution in [2.45, 2.75) is 11.8 Å². The summed E-state index contributed by atoms with van der Waals surface area (Å²) in [6, 6.07) is 12.4. The molecule has 0 aliphatic rings. The average Bonchev–Trinajstić information content (AvgIpc) is 2.60. The van der Waals surface area contributed by atoms with Gasteiger partial charge in [-0.3, -0.25) is 4.79 Å². The van der Waals surface area contributed by atoms with E-state index in [1.807, 2.05) is 0 Å². The minimum absolute atomic E-state index is 0.0667. The van der Waals surface area contributed by atoms with Crippen LogP contribution in [-0.4, -0.2) is 32.5 Å². The molecule has 24 heavy (non-hydrogen) atoms. The third-order valence-corrected chi connectivity index (χ3v) is 5.64. The van der Waals surface area contributed by atoms with Gasteiger partial charge in [0.2, 0.25) is 0 Å². The standard InChI is InChI=1S/C17H15BrO5S/c1-2-24(21,22)16-6-4-3-5-14(16)17(20)23-11-15(19)12-7-9-13(18)10-8-12/h3-10H,2,11H2,1H3. The van der Waals surface area contributed by atoms with Crippen molar-refractivity contribution in [2.75, 3.05) is 12.4 Å². The number of Topliss-reactive ketones (excluding diaryl/α,β-unsaturated/α-hetero) is 1. The number of halogens is 1. The Hall–Kier alpha value is -1.99. The lowest BCUT2D eigenvalue weighted by molar-refractivity contribution is 0.0471. The van der Waals surface area contributed by atoms with Crippen LogP contribution >= 0.6 is 15.9 Å². The van der Waals surface area contributed by atoms with Gasteiger partial charge >= 0.3 is 5.97 Å². The predicted molar refractivity (Wildman–Crippen MR) is 92.9 cm³/mol. The molecular formula is C17H15BrO5S. The molecule has 126 valence electrons. The Kier molecular flexibility index (Phi) is 5.90. The van der Waals surface area contributed by atoms with E-state index in [0.717, 1.165) is 4.47 Å². The molecule has 0 aromatic heterocycles. The molecule has 0 aliphatic carbocycles. The van der Waals surface area contributed by atoms with Gasteiger partial charge in [-0.1, -0.05) is 47.1 Å². The Morgan fingerprint density at radius 3 is 2.29 bits per heavy atom. The van der Waals surface area contributed by atoms with Gasteiger partial charge in [0.15, 0.2) is 22.2 Å². The fraction of sp³-hybridized carbons (Fsp3) is 0.176. The van der Waals surface area contributed by atoms with Crippen LogP contribution in [-0.2, 0) is 14.6 Å². The van der Waals surface area contributed by atoms with Gasteiger partial charge in [0.25, 0.3) is 0 Å². The van der Waals surface area contributed by atoms with Crippen molar-refractivity contribution in [3.8, 4) is 0 Å². The first-order valence-electron chi connectivity index (χ1n) is 7.13. The Morgan fingerprint density at radius 1 is 1.04 bits per heavy atom. The van der Waals surface area contributed by atoms with Crippen molar-refractivity contribution in [3.05, 3.63) is 64.1 Å². The summed E-state index contributed by atoms with van der Waals surface area (Å²) < 4.78 is 29.9. The molecular weight excluding hydrogens is 396 g/mol. The lowest BCUT2D eigenvalue weighted by Crippen LogP contribution is -2.17. The largest absolute Gasteiger partial charge is 0.454 e. The molecule has 0 saturated carbocycles. The Morgan fingerprint density at radius 2 is 1.67 bits per heavy atom. The van der Waals surface area contributed by atoms with E-state index in [1.165, 1.54) is 25.1 Å². The van der Waals surface area contributed by atoms with Gasteiger partial charge in [-0.15, -0.1) is 0 Å². The van der Waals surface area contributed by atoms with Gasteiger partial charge in [0, 0.05) is 10.0 Å². The number of benzene rings is 2. The van der Waals surface area contributed by atoms with E-state index in [9.17, 15) is 18.0 Å². The zero-order chi connectivity index (χ0) is 17.7. The SMILES string of the molecule is CCS(=O)(=O)c1ccccc1C(=O)OCC(=O)c1ccc(Br)cc1. The molecule has 7 heteroatoms. The summed E-state index contributed by atoms with van der Waals surface area (Å²) in [4.78, 5) is 24.1. The number of rotatable bonds is 6. The van der Waals surface area contributed by atoms with Gasteiger partial charge in [-0.25, -0.2) is 13.2 Å². The lowest BCUT2D eigenvalue weighted by atomic mass is 10.1. The number of hydrogen-bond donors (Lipinski definition) is 0. The number of ketones is 1. The molecule has 0 radical (unpaired) electrons. The summed E-state index contributed by atoms with van der Waals surface area (Å²) in [6.07, 6.45) is 0. The summed E-state index contributed by atoms with van der Waals surface area (Å²) in [5, 5.41) is 0. The molecule has 2 aromatic carbocycles. The summed E-state index contributed by atoms with van der Waals surface area (Å²) in [5.74, 6) is -1.34. The molecule has 0 atom stereocenters. The molecule has 0 saturated heterocycles. The molecule has 0 heterocycles. The second kappa shape index (κ2) is 7.72. The zero-order valence-corrected chi connectivity index (χ0v) is 15.3. The third-order valence-electron chi connectivity index (χ3n) is 3.32. The fourth-order valence-corrected chi connectivity index (χ4v) is 3.34. The molecule has 0 spiro atoms. The van der Waals surface area contributed by atoms with E-state index < -0.39 is 22.4 Å². The van der Waals surface area contributed by atoms with Crippen LogP contribution in [0, 0.1) is 0 Å². The number of carbonyl (C=O) groups is 2. The van der Waals surface area contributed by atoms with Crippen LogP contribution in [0.1, 0.15) is 27.6 Å². The van der Waals surface area contributed by atoms with Crippen LogP contribution in [0.4, 0.5) is 0 Å². The van der Waals surface area contributed by atoms with E-state index in [1.54, 1.807) is 30.3 Å². The monoisotopic (exact) mass is 410 g/mol. The van der Waals surface area contributed by atoms with Gasteiger partial charge in [-0.05, 0) is 24.3 Å². The molecule has 0 bridgehead atoms. The molecule has 0 aliphatic heterocycles. The summed E-state index contributed by atoms with van der Waals surface area (Å²) in [7, 11) is -3.56. The van der Waals surface area contributed by atoms with Crippen LogP contribution in [0.2, 0.25) is 0 Å². The molecule has 0 unspecified atom stereocenters. The van der Waals surface area contributed by atoms with Crippen molar-refractivity contribution >= 4 is 37.5 Å². The predicted octanol–water partition coefficient (Wildman–Crippen LogP) is 3.28. The molecule has 2 rings (SSSR count). The molecule has 5 nitrogen and oxygen atoms in total. The number of sulfone groups is 1. The van der Waals surface area contributed by atoms with Gasteiger partial charge in [0.1, 0.15) is 0 Å². The Balaban J connectivity index is 2.14. The van der Waals surface area contributed by atoms with Crippen LogP contribution in [0.25, 0.3) is 0 Å². The van der Waals surface area contributed by atoms with Gasteiger partial charge in [0.05, 0.1) is 16.2 Å². The highest BCUT2D eigenvalue weighted by Gasteiger charge is 2.22. The molecule has 0 fully saturated rings. The lowest BCUT2D eigenvalue weighted by Gasteiger charge is -2.09. The van der Waals surface area contributed by atoms with E-state index in [0.29, 0.717) is 5.56 Å². The van der Waals surface area contributed by atoms with Crippen molar-refractivity contribution in [3.63, 3.8) is 0 Å². The summed E-state index contributed by atoms with van der Waals surface area (Å²) in [5.41, 5.74) is 0.337. The number of esters is 1. The van der Waals surface area contributed by atoms with Crippen LogP contribution in [0.5, 0.6) is 0 Å². The molecule has 0 amide bonds. The highest BCUT2D eigenvalue weighted by atomic mass is 79.9. The first-order chi connectivity index (χ1) is 11.3. The number of ether oxygens (including phenoxy) is 1. The number of carbonyl (C=O) groups excluding carboxylic acids is 2. The minimum atomic E-state index is -3.56. The van der Waals surface area contributed by atoms with Gasteiger partial charge < -0.3 is 4.74 Å². The quantitative estimate of drug-likeness (QED) is 0.539. The first kappa shape index (κ1) is 18.4. The fourth-order valence-electron chi connectivity index (χ4n) is 1.99. The third kappa shape index (κ3) is 4.30. The topological polar surface area (TPSA) is 77.5 Å².